The monoisotopic (exact) mass is 248 g/mol. The maximum absolute atomic E-state index is 11.3. The SMILES string of the molecule is CNC(C)c1ccc(N2CCNC(=O)CC2)nc1. The standard InChI is InChI=1S/C13H20N4O/c1-10(14-2)11-3-4-12(16-9-11)17-7-5-13(18)15-6-8-17/h3-4,9-10,14H,5-8H2,1-2H3,(H,15,18). The van der Waals surface area contributed by atoms with E-state index in [-0.39, 0.29) is 5.91 Å². The second-order valence-electron chi connectivity index (χ2n) is 4.55. The maximum Gasteiger partial charge on any atom is 0.221 e. The molecule has 0 bridgehead atoms. The van der Waals surface area contributed by atoms with E-state index in [0.717, 1.165) is 18.9 Å². The van der Waals surface area contributed by atoms with Gasteiger partial charge < -0.3 is 15.5 Å². The maximum atomic E-state index is 11.3. The summed E-state index contributed by atoms with van der Waals surface area (Å²) < 4.78 is 0. The predicted octanol–water partition coefficient (Wildman–Crippen LogP) is 0.688. The van der Waals surface area contributed by atoms with Crippen LogP contribution in [0.5, 0.6) is 0 Å². The van der Waals surface area contributed by atoms with Crippen LogP contribution in [-0.2, 0) is 4.79 Å². The number of hydrogen-bond acceptors (Lipinski definition) is 4. The summed E-state index contributed by atoms with van der Waals surface area (Å²) in [7, 11) is 1.94. The van der Waals surface area contributed by atoms with Crippen LogP contribution in [0.3, 0.4) is 0 Å². The fourth-order valence-corrected chi connectivity index (χ4v) is 2.00. The summed E-state index contributed by atoms with van der Waals surface area (Å²) in [5, 5.41) is 6.05. The van der Waals surface area contributed by atoms with E-state index in [9.17, 15) is 4.79 Å². The zero-order valence-corrected chi connectivity index (χ0v) is 10.9. The van der Waals surface area contributed by atoms with Crippen molar-refractivity contribution in [2.45, 2.75) is 19.4 Å². The Kier molecular flexibility index (Phi) is 4.15. The van der Waals surface area contributed by atoms with Crippen molar-refractivity contribution in [2.75, 3.05) is 31.6 Å². The molecule has 0 spiro atoms. The molecule has 1 saturated heterocycles. The molecule has 18 heavy (non-hydrogen) atoms. The molecule has 2 heterocycles. The van der Waals surface area contributed by atoms with Gasteiger partial charge in [-0.3, -0.25) is 4.79 Å². The average Bonchev–Trinajstić information content (AvgIpc) is 2.63. The summed E-state index contributed by atoms with van der Waals surface area (Å²) in [6.07, 6.45) is 2.44. The van der Waals surface area contributed by atoms with Crippen LogP contribution in [-0.4, -0.2) is 37.6 Å². The highest BCUT2D eigenvalue weighted by atomic mass is 16.1. The van der Waals surface area contributed by atoms with Gasteiger partial charge in [0.05, 0.1) is 0 Å². The highest BCUT2D eigenvalue weighted by molar-refractivity contribution is 5.77. The Morgan fingerprint density at radius 3 is 2.94 bits per heavy atom. The summed E-state index contributed by atoms with van der Waals surface area (Å²) in [6, 6.07) is 4.42. The van der Waals surface area contributed by atoms with Crippen LogP contribution in [0.4, 0.5) is 5.82 Å². The zero-order valence-electron chi connectivity index (χ0n) is 10.9. The molecule has 2 N–H and O–H groups in total. The second kappa shape index (κ2) is 5.82. The molecule has 0 radical (unpaired) electrons. The van der Waals surface area contributed by atoms with Gasteiger partial charge in [0, 0.05) is 38.3 Å². The predicted molar refractivity (Wildman–Crippen MR) is 71.6 cm³/mol. The minimum Gasteiger partial charge on any atom is -0.354 e. The summed E-state index contributed by atoms with van der Waals surface area (Å²) >= 11 is 0. The number of carbonyl (C=O) groups is 1. The van der Waals surface area contributed by atoms with Crippen LogP contribution < -0.4 is 15.5 Å². The quantitative estimate of drug-likeness (QED) is 0.826. The molecule has 5 nitrogen and oxygen atoms in total. The lowest BCUT2D eigenvalue weighted by Gasteiger charge is -2.21. The summed E-state index contributed by atoms with van der Waals surface area (Å²) in [5.74, 6) is 1.07. The Hall–Kier alpha value is -1.62. The smallest absolute Gasteiger partial charge is 0.221 e. The molecule has 1 atom stereocenters. The number of pyridine rings is 1. The van der Waals surface area contributed by atoms with Crippen molar-refractivity contribution in [3.63, 3.8) is 0 Å². The van der Waals surface area contributed by atoms with Crippen LogP contribution in [0.1, 0.15) is 24.9 Å². The fourth-order valence-electron chi connectivity index (χ4n) is 2.00. The first kappa shape index (κ1) is 12.8. The number of carbonyl (C=O) groups excluding carboxylic acids is 1. The van der Waals surface area contributed by atoms with Gasteiger partial charge in [-0.2, -0.15) is 0 Å². The zero-order chi connectivity index (χ0) is 13.0. The molecule has 1 amide bonds. The highest BCUT2D eigenvalue weighted by Gasteiger charge is 2.14. The van der Waals surface area contributed by atoms with Crippen molar-refractivity contribution in [1.29, 1.82) is 0 Å². The normalized spacial score (nSPS) is 18.1. The number of nitrogens with one attached hydrogen (secondary N) is 2. The Labute approximate surface area is 108 Å². The summed E-state index contributed by atoms with van der Waals surface area (Å²) in [4.78, 5) is 17.9. The van der Waals surface area contributed by atoms with Gasteiger partial charge >= 0.3 is 0 Å². The minimum atomic E-state index is 0.123. The number of aromatic nitrogens is 1. The molecule has 1 aliphatic heterocycles. The van der Waals surface area contributed by atoms with Crippen molar-refractivity contribution in [1.82, 2.24) is 15.6 Å². The molecule has 1 aliphatic rings. The molecule has 1 aromatic rings. The number of rotatable bonds is 3. The van der Waals surface area contributed by atoms with E-state index in [4.69, 9.17) is 0 Å². The van der Waals surface area contributed by atoms with Gasteiger partial charge in [0.2, 0.25) is 5.91 Å². The summed E-state index contributed by atoms with van der Waals surface area (Å²) in [5.41, 5.74) is 1.17. The molecular formula is C13H20N4O. The molecule has 2 rings (SSSR count). The fraction of sp³-hybridized carbons (Fsp3) is 0.538. The van der Waals surface area contributed by atoms with Gasteiger partial charge in [0.25, 0.3) is 0 Å². The number of anilines is 1. The Morgan fingerprint density at radius 1 is 1.44 bits per heavy atom. The van der Waals surface area contributed by atoms with E-state index < -0.39 is 0 Å². The Morgan fingerprint density at radius 2 is 2.28 bits per heavy atom. The van der Waals surface area contributed by atoms with Gasteiger partial charge in [-0.15, -0.1) is 0 Å². The van der Waals surface area contributed by atoms with E-state index >= 15 is 0 Å². The molecule has 5 heteroatoms. The lowest BCUT2D eigenvalue weighted by molar-refractivity contribution is -0.120. The van der Waals surface area contributed by atoms with Crippen LogP contribution in [0, 0.1) is 0 Å². The van der Waals surface area contributed by atoms with Crippen molar-refractivity contribution >= 4 is 11.7 Å². The van der Waals surface area contributed by atoms with E-state index in [0.29, 0.717) is 19.0 Å². The van der Waals surface area contributed by atoms with Gasteiger partial charge in [0.15, 0.2) is 0 Å². The lowest BCUT2D eigenvalue weighted by Crippen LogP contribution is -2.29. The van der Waals surface area contributed by atoms with Crippen LogP contribution in [0.25, 0.3) is 0 Å². The molecule has 1 aromatic heterocycles. The molecule has 0 aromatic carbocycles. The second-order valence-corrected chi connectivity index (χ2v) is 4.55. The van der Waals surface area contributed by atoms with E-state index in [1.165, 1.54) is 5.56 Å². The van der Waals surface area contributed by atoms with Gasteiger partial charge in [-0.25, -0.2) is 4.98 Å². The van der Waals surface area contributed by atoms with Gasteiger partial charge in [-0.1, -0.05) is 6.07 Å². The van der Waals surface area contributed by atoms with Crippen molar-refractivity contribution in [2.24, 2.45) is 0 Å². The lowest BCUT2D eigenvalue weighted by atomic mass is 10.1. The van der Waals surface area contributed by atoms with Crippen molar-refractivity contribution in [3.05, 3.63) is 23.9 Å². The first-order valence-corrected chi connectivity index (χ1v) is 6.35. The van der Waals surface area contributed by atoms with E-state index in [1.54, 1.807) is 0 Å². The molecule has 0 aliphatic carbocycles. The molecule has 0 saturated carbocycles. The van der Waals surface area contributed by atoms with Gasteiger partial charge in [0.1, 0.15) is 5.82 Å². The van der Waals surface area contributed by atoms with Crippen molar-refractivity contribution in [3.8, 4) is 0 Å². The number of hydrogen-bond donors (Lipinski definition) is 2. The topological polar surface area (TPSA) is 57.3 Å². The van der Waals surface area contributed by atoms with Crippen LogP contribution in [0.2, 0.25) is 0 Å². The van der Waals surface area contributed by atoms with Gasteiger partial charge in [-0.05, 0) is 25.6 Å². The third-order valence-corrected chi connectivity index (χ3v) is 3.34. The molecule has 1 fully saturated rings. The first-order chi connectivity index (χ1) is 8.70. The number of amides is 1. The average molecular weight is 248 g/mol. The van der Waals surface area contributed by atoms with E-state index in [1.807, 2.05) is 19.3 Å². The largest absolute Gasteiger partial charge is 0.354 e. The Bertz CT molecular complexity index is 404. The third-order valence-electron chi connectivity index (χ3n) is 3.34. The van der Waals surface area contributed by atoms with Crippen LogP contribution >= 0.6 is 0 Å². The van der Waals surface area contributed by atoms with Crippen molar-refractivity contribution < 1.29 is 4.79 Å². The number of nitrogens with zero attached hydrogens (tertiary/aromatic N) is 2. The highest BCUT2D eigenvalue weighted by Crippen LogP contribution is 2.16. The van der Waals surface area contributed by atoms with Crippen LogP contribution in [0.15, 0.2) is 18.3 Å². The first-order valence-electron chi connectivity index (χ1n) is 6.35. The Balaban J connectivity index is 2.06. The molecule has 98 valence electrons. The minimum absolute atomic E-state index is 0.123. The molecular weight excluding hydrogens is 228 g/mol. The van der Waals surface area contributed by atoms with E-state index in [2.05, 4.69) is 33.5 Å². The molecule has 1 unspecified atom stereocenters. The third kappa shape index (κ3) is 2.98. The summed E-state index contributed by atoms with van der Waals surface area (Å²) in [6.45, 7) is 4.35.